The normalized spacial score (nSPS) is 12.3. The van der Waals surface area contributed by atoms with Gasteiger partial charge in [0.25, 0.3) is 10.0 Å². The lowest BCUT2D eigenvalue weighted by Crippen LogP contribution is -2.29. The Kier molecular flexibility index (Phi) is 3.61. The van der Waals surface area contributed by atoms with Crippen LogP contribution in [0.15, 0.2) is 46.7 Å². The first-order valence-corrected chi connectivity index (χ1v) is 6.97. The van der Waals surface area contributed by atoms with Crippen molar-refractivity contribution in [1.29, 1.82) is 0 Å². The van der Waals surface area contributed by atoms with E-state index in [0.29, 0.717) is 11.3 Å². The molecule has 8 nitrogen and oxygen atoms in total. The molecule has 0 aliphatic carbocycles. The molecule has 0 unspecified atom stereocenters. The molecular formula is C11H13N5O3S. The Morgan fingerprint density at radius 3 is 2.75 bits per heavy atom. The van der Waals surface area contributed by atoms with Crippen molar-refractivity contribution in [3.63, 3.8) is 0 Å². The van der Waals surface area contributed by atoms with Crippen LogP contribution in [-0.4, -0.2) is 36.7 Å². The molecule has 0 aliphatic heterocycles. The number of amidine groups is 1. The number of aromatic nitrogens is 2. The number of nitrogens with one attached hydrogen (secondary N) is 1. The predicted molar refractivity (Wildman–Crippen MR) is 73.1 cm³/mol. The average Bonchev–Trinajstić information content (AvgIpc) is 3.00. The van der Waals surface area contributed by atoms with Crippen LogP contribution >= 0.6 is 0 Å². The Bertz CT molecular complexity index is 724. The summed E-state index contributed by atoms with van der Waals surface area (Å²) in [5.74, 6) is -0.171. The molecule has 0 atom stereocenters. The molecule has 0 fully saturated rings. The van der Waals surface area contributed by atoms with E-state index in [0.717, 1.165) is 4.31 Å². The molecule has 2 rings (SSSR count). The fraction of sp³-hybridized carbons (Fsp3) is 0.0909. The highest BCUT2D eigenvalue weighted by Gasteiger charge is 2.24. The van der Waals surface area contributed by atoms with Gasteiger partial charge in [0, 0.05) is 18.8 Å². The summed E-state index contributed by atoms with van der Waals surface area (Å²) in [6, 6.07) is 6.44. The maximum Gasteiger partial charge on any atom is 0.267 e. The molecule has 106 valence electrons. The Labute approximate surface area is 115 Å². The summed E-state index contributed by atoms with van der Waals surface area (Å²) in [5, 5.41) is 17.7. The Morgan fingerprint density at radius 2 is 2.15 bits per heavy atom. The number of para-hydroxylation sites is 1. The third kappa shape index (κ3) is 2.30. The molecule has 0 amide bonds. The van der Waals surface area contributed by atoms with E-state index in [-0.39, 0.29) is 10.7 Å². The molecule has 0 aliphatic rings. The molecule has 9 heteroatoms. The fourth-order valence-electron chi connectivity index (χ4n) is 1.69. The second kappa shape index (κ2) is 5.21. The highest BCUT2D eigenvalue weighted by atomic mass is 32.2. The molecule has 2 aromatic rings. The Hall–Kier alpha value is -2.55. The van der Waals surface area contributed by atoms with Gasteiger partial charge in [0.2, 0.25) is 0 Å². The number of sulfonamides is 1. The zero-order valence-electron chi connectivity index (χ0n) is 10.6. The number of anilines is 1. The van der Waals surface area contributed by atoms with Gasteiger partial charge in [-0.25, -0.2) is 8.42 Å². The number of H-pyrrole nitrogens is 1. The number of oxime groups is 1. The van der Waals surface area contributed by atoms with E-state index in [4.69, 9.17) is 10.9 Å². The van der Waals surface area contributed by atoms with Crippen molar-refractivity contribution in [2.45, 2.75) is 4.90 Å². The minimum atomic E-state index is -3.77. The number of nitrogens with two attached hydrogens (primary N) is 1. The molecule has 1 aromatic heterocycles. The first-order chi connectivity index (χ1) is 9.48. The first-order valence-electron chi connectivity index (χ1n) is 5.53. The first kappa shape index (κ1) is 13.9. The zero-order valence-corrected chi connectivity index (χ0v) is 11.4. The lowest BCUT2D eigenvalue weighted by Gasteiger charge is -2.21. The molecule has 0 saturated carbocycles. The van der Waals surface area contributed by atoms with Crippen LogP contribution in [0, 0.1) is 0 Å². The number of benzene rings is 1. The number of aromatic amines is 1. The molecule has 20 heavy (non-hydrogen) atoms. The van der Waals surface area contributed by atoms with Gasteiger partial charge >= 0.3 is 0 Å². The maximum atomic E-state index is 12.4. The van der Waals surface area contributed by atoms with Crippen LogP contribution in [0.2, 0.25) is 0 Å². The topological polar surface area (TPSA) is 125 Å². The molecule has 0 spiro atoms. The van der Waals surface area contributed by atoms with Crippen molar-refractivity contribution < 1.29 is 13.6 Å². The molecule has 4 N–H and O–H groups in total. The fourth-order valence-corrected chi connectivity index (χ4v) is 2.81. The third-order valence-corrected chi connectivity index (χ3v) is 4.50. The van der Waals surface area contributed by atoms with Gasteiger partial charge in [-0.2, -0.15) is 5.10 Å². The highest BCUT2D eigenvalue weighted by molar-refractivity contribution is 7.92. The van der Waals surface area contributed by atoms with E-state index in [9.17, 15) is 8.42 Å². The lowest BCUT2D eigenvalue weighted by atomic mass is 10.1. The smallest absolute Gasteiger partial charge is 0.267 e. The van der Waals surface area contributed by atoms with Gasteiger partial charge in [-0.1, -0.05) is 17.3 Å². The van der Waals surface area contributed by atoms with Gasteiger partial charge < -0.3 is 10.9 Å². The molecule has 1 aromatic carbocycles. The second-order valence-corrected chi connectivity index (χ2v) is 5.88. The predicted octanol–water partition coefficient (Wildman–Crippen LogP) is 0.329. The largest absolute Gasteiger partial charge is 0.409 e. The van der Waals surface area contributed by atoms with E-state index in [1.807, 2.05) is 0 Å². The SMILES string of the molecule is CN(c1ccccc1/C(N)=N/O)S(=O)(=O)c1cn[nH]c1. The Morgan fingerprint density at radius 1 is 1.45 bits per heavy atom. The van der Waals surface area contributed by atoms with Crippen molar-refractivity contribution in [2.24, 2.45) is 10.9 Å². The van der Waals surface area contributed by atoms with E-state index in [2.05, 4.69) is 15.4 Å². The van der Waals surface area contributed by atoms with Crippen LogP contribution in [0.5, 0.6) is 0 Å². The highest BCUT2D eigenvalue weighted by Crippen LogP contribution is 2.24. The number of hydrogen-bond donors (Lipinski definition) is 3. The molecule has 1 heterocycles. The summed E-state index contributed by atoms with van der Waals surface area (Å²) in [6.07, 6.45) is 2.48. The molecule has 0 radical (unpaired) electrons. The van der Waals surface area contributed by atoms with E-state index >= 15 is 0 Å². The van der Waals surface area contributed by atoms with Gasteiger partial charge in [0.15, 0.2) is 5.84 Å². The van der Waals surface area contributed by atoms with E-state index < -0.39 is 10.0 Å². The van der Waals surface area contributed by atoms with E-state index in [1.165, 1.54) is 19.4 Å². The minimum absolute atomic E-state index is 0.0225. The number of nitrogens with zero attached hydrogens (tertiary/aromatic N) is 3. The minimum Gasteiger partial charge on any atom is -0.409 e. The third-order valence-electron chi connectivity index (χ3n) is 2.76. The average molecular weight is 295 g/mol. The quantitative estimate of drug-likeness (QED) is 0.324. The molecule has 0 bridgehead atoms. The van der Waals surface area contributed by atoms with Gasteiger partial charge in [-0.05, 0) is 12.1 Å². The van der Waals surface area contributed by atoms with Gasteiger partial charge in [0.05, 0.1) is 11.9 Å². The standard InChI is InChI=1S/C11H13N5O3S/c1-16(20(18,19)8-6-13-14-7-8)10-5-3-2-4-9(10)11(12)15-17/h2-7,17H,1H3,(H2,12,15)(H,13,14). The van der Waals surface area contributed by atoms with E-state index in [1.54, 1.807) is 24.3 Å². The summed E-state index contributed by atoms with van der Waals surface area (Å²) >= 11 is 0. The lowest BCUT2D eigenvalue weighted by molar-refractivity contribution is 0.318. The number of rotatable bonds is 4. The molecular weight excluding hydrogens is 282 g/mol. The zero-order chi connectivity index (χ0) is 14.8. The van der Waals surface area contributed by atoms with Crippen molar-refractivity contribution in [2.75, 3.05) is 11.4 Å². The van der Waals surface area contributed by atoms with Crippen molar-refractivity contribution in [3.05, 3.63) is 42.2 Å². The van der Waals surface area contributed by atoms with Crippen LogP contribution in [0.1, 0.15) is 5.56 Å². The van der Waals surface area contributed by atoms with Crippen LogP contribution in [0.25, 0.3) is 0 Å². The van der Waals surface area contributed by atoms with Crippen LogP contribution in [0.3, 0.4) is 0 Å². The van der Waals surface area contributed by atoms with Gasteiger partial charge in [-0.3, -0.25) is 9.40 Å². The monoisotopic (exact) mass is 295 g/mol. The van der Waals surface area contributed by atoms with Crippen molar-refractivity contribution >= 4 is 21.5 Å². The second-order valence-electron chi connectivity index (χ2n) is 3.91. The maximum absolute atomic E-state index is 12.4. The van der Waals surface area contributed by atoms with Crippen LogP contribution in [0.4, 0.5) is 5.69 Å². The number of hydrogen-bond acceptors (Lipinski definition) is 5. The van der Waals surface area contributed by atoms with Gasteiger partial charge in [0.1, 0.15) is 4.90 Å². The van der Waals surface area contributed by atoms with Crippen molar-refractivity contribution in [1.82, 2.24) is 10.2 Å². The summed E-state index contributed by atoms with van der Waals surface area (Å²) in [5.41, 5.74) is 6.16. The summed E-state index contributed by atoms with van der Waals surface area (Å²) in [6.45, 7) is 0. The van der Waals surface area contributed by atoms with Crippen LogP contribution < -0.4 is 10.0 Å². The summed E-state index contributed by atoms with van der Waals surface area (Å²) < 4.78 is 25.8. The summed E-state index contributed by atoms with van der Waals surface area (Å²) in [4.78, 5) is 0.0225. The summed E-state index contributed by atoms with van der Waals surface area (Å²) in [7, 11) is -2.38. The van der Waals surface area contributed by atoms with Gasteiger partial charge in [-0.15, -0.1) is 0 Å². The van der Waals surface area contributed by atoms with Crippen molar-refractivity contribution in [3.8, 4) is 0 Å². The molecule has 0 saturated heterocycles. The van der Waals surface area contributed by atoms with Crippen LogP contribution in [-0.2, 0) is 10.0 Å². The Balaban J connectivity index is 2.53.